The highest BCUT2D eigenvalue weighted by atomic mass is 16.2. The van der Waals surface area contributed by atoms with E-state index in [9.17, 15) is 4.79 Å². The van der Waals surface area contributed by atoms with Gasteiger partial charge in [-0.3, -0.25) is 9.78 Å². The van der Waals surface area contributed by atoms with Crippen LogP contribution in [0.5, 0.6) is 0 Å². The van der Waals surface area contributed by atoms with Crippen LogP contribution in [0.3, 0.4) is 0 Å². The zero-order valence-electron chi connectivity index (χ0n) is 21.4. The molecule has 37 heavy (non-hydrogen) atoms. The van der Waals surface area contributed by atoms with Gasteiger partial charge in [0, 0.05) is 45.2 Å². The Hall–Kier alpha value is -3.85. The zero-order valence-corrected chi connectivity index (χ0v) is 21.4. The molecule has 190 valence electrons. The lowest BCUT2D eigenvalue weighted by Gasteiger charge is -2.34. The minimum absolute atomic E-state index is 0.0422. The Morgan fingerprint density at radius 3 is 2.41 bits per heavy atom. The molecule has 0 spiro atoms. The number of piperazine rings is 1. The Balaban J connectivity index is 1.16. The van der Waals surface area contributed by atoms with Crippen molar-refractivity contribution in [2.45, 2.75) is 25.7 Å². The quantitative estimate of drug-likeness (QED) is 0.429. The summed E-state index contributed by atoms with van der Waals surface area (Å²) >= 11 is 0. The minimum atomic E-state index is 0.0422. The van der Waals surface area contributed by atoms with Gasteiger partial charge in [-0.25, -0.2) is 14.6 Å². The highest BCUT2D eigenvalue weighted by molar-refractivity contribution is 5.95. The van der Waals surface area contributed by atoms with Gasteiger partial charge < -0.3 is 14.7 Å². The van der Waals surface area contributed by atoms with Gasteiger partial charge in [0.05, 0.1) is 46.2 Å². The summed E-state index contributed by atoms with van der Waals surface area (Å²) in [5.41, 5.74) is 6.37. The first-order valence-corrected chi connectivity index (χ1v) is 13.0. The van der Waals surface area contributed by atoms with E-state index >= 15 is 0 Å². The number of carbonyl (C=O) groups excluding carboxylic acids is 1. The van der Waals surface area contributed by atoms with E-state index in [4.69, 9.17) is 4.98 Å². The van der Waals surface area contributed by atoms with Crippen molar-refractivity contribution in [2.24, 2.45) is 0 Å². The number of likely N-dealkylation sites (N-methyl/N-ethyl adjacent to an activating group) is 1. The van der Waals surface area contributed by atoms with Crippen molar-refractivity contribution in [2.75, 3.05) is 51.2 Å². The van der Waals surface area contributed by atoms with E-state index in [2.05, 4.69) is 38.0 Å². The number of likely N-dealkylation sites (tertiary alicyclic amines) is 1. The predicted octanol–water partition coefficient (Wildman–Crippen LogP) is 3.29. The molecule has 5 heterocycles. The van der Waals surface area contributed by atoms with Gasteiger partial charge >= 0.3 is 0 Å². The average Bonchev–Trinajstić information content (AvgIpc) is 3.34. The summed E-state index contributed by atoms with van der Waals surface area (Å²) in [7, 11) is 2.16. The van der Waals surface area contributed by atoms with Crippen LogP contribution >= 0.6 is 0 Å². The van der Waals surface area contributed by atoms with Crippen LogP contribution < -0.4 is 4.90 Å². The van der Waals surface area contributed by atoms with Crippen LogP contribution in [0.25, 0.3) is 16.7 Å². The fourth-order valence-electron chi connectivity index (χ4n) is 5.46. The smallest absolute Gasteiger partial charge is 0.257 e. The number of piperidine rings is 1. The number of hydrogen-bond acceptors (Lipinski definition) is 7. The molecule has 0 saturated carbocycles. The molecule has 2 aliphatic heterocycles. The monoisotopic (exact) mass is 496 g/mol. The number of para-hydroxylation sites is 1. The number of hydrogen-bond donors (Lipinski definition) is 0. The largest absolute Gasteiger partial charge is 0.368 e. The minimum Gasteiger partial charge on any atom is -0.368 e. The standard InChI is InChI=1S/C28H32N8O/c1-20-24(18-32-36(20)22-6-4-3-5-7-22)28(37)35-10-8-21(9-11-35)26-27-25(30-19-31-26)16-23(17-29-27)34-14-12-33(2)13-15-34/h3-7,16-19,21H,8-15H2,1-2H3. The molecule has 2 saturated heterocycles. The maximum Gasteiger partial charge on any atom is 0.257 e. The lowest BCUT2D eigenvalue weighted by molar-refractivity contribution is 0.0711. The first kappa shape index (κ1) is 23.5. The Labute approximate surface area is 216 Å². The molecule has 0 N–H and O–H groups in total. The van der Waals surface area contributed by atoms with Crippen molar-refractivity contribution < 1.29 is 4.79 Å². The van der Waals surface area contributed by atoms with Crippen LogP contribution in [-0.4, -0.2) is 86.8 Å². The van der Waals surface area contributed by atoms with Crippen LogP contribution in [0.4, 0.5) is 5.69 Å². The molecule has 2 fully saturated rings. The summed E-state index contributed by atoms with van der Waals surface area (Å²) in [5, 5.41) is 4.48. The number of nitrogens with zero attached hydrogens (tertiary/aromatic N) is 8. The normalized spacial score (nSPS) is 17.5. The fraction of sp³-hybridized carbons (Fsp3) is 0.393. The van der Waals surface area contributed by atoms with Crippen molar-refractivity contribution in [3.63, 3.8) is 0 Å². The molecule has 1 aromatic carbocycles. The molecule has 6 rings (SSSR count). The molecular formula is C28H32N8O. The number of anilines is 1. The fourth-order valence-corrected chi connectivity index (χ4v) is 5.46. The Bertz CT molecular complexity index is 1400. The van der Waals surface area contributed by atoms with Crippen LogP contribution in [0, 0.1) is 6.92 Å². The van der Waals surface area contributed by atoms with E-state index in [1.807, 2.05) is 53.0 Å². The van der Waals surface area contributed by atoms with Gasteiger partial charge in [-0.1, -0.05) is 18.2 Å². The van der Waals surface area contributed by atoms with Gasteiger partial charge in [-0.2, -0.15) is 5.10 Å². The molecule has 9 nitrogen and oxygen atoms in total. The average molecular weight is 497 g/mol. The third-order valence-electron chi connectivity index (χ3n) is 7.77. The molecule has 4 aromatic rings. The maximum atomic E-state index is 13.4. The summed E-state index contributed by atoms with van der Waals surface area (Å²) < 4.78 is 1.83. The van der Waals surface area contributed by atoms with E-state index < -0.39 is 0 Å². The second-order valence-electron chi connectivity index (χ2n) is 10.1. The van der Waals surface area contributed by atoms with Gasteiger partial charge in [0.2, 0.25) is 0 Å². The number of carbonyl (C=O) groups is 1. The number of rotatable bonds is 4. The Kier molecular flexibility index (Phi) is 6.30. The number of fused-ring (bicyclic) bond motifs is 1. The second-order valence-corrected chi connectivity index (χ2v) is 10.1. The lowest BCUT2D eigenvalue weighted by atomic mass is 9.92. The van der Waals surface area contributed by atoms with Gasteiger partial charge in [0.15, 0.2) is 0 Å². The summed E-state index contributed by atoms with van der Waals surface area (Å²) in [5.74, 6) is 0.297. The predicted molar refractivity (Wildman–Crippen MR) is 143 cm³/mol. The number of amides is 1. The van der Waals surface area contributed by atoms with E-state index in [1.54, 1.807) is 12.5 Å². The number of aromatic nitrogens is 5. The third-order valence-corrected chi connectivity index (χ3v) is 7.77. The van der Waals surface area contributed by atoms with Crippen LogP contribution in [0.1, 0.15) is 40.5 Å². The maximum absolute atomic E-state index is 13.4. The van der Waals surface area contributed by atoms with Crippen LogP contribution in [0.2, 0.25) is 0 Å². The first-order valence-electron chi connectivity index (χ1n) is 13.0. The molecule has 0 atom stereocenters. The van der Waals surface area contributed by atoms with Crippen LogP contribution in [-0.2, 0) is 0 Å². The molecular weight excluding hydrogens is 464 g/mol. The van der Waals surface area contributed by atoms with Crippen molar-refractivity contribution in [1.29, 1.82) is 0 Å². The highest BCUT2D eigenvalue weighted by Gasteiger charge is 2.29. The SMILES string of the molecule is Cc1c(C(=O)N2CCC(c3ncnc4cc(N5CCN(C)CC5)cnc34)CC2)cnn1-c1ccccc1. The van der Waals surface area contributed by atoms with Gasteiger partial charge in [0.1, 0.15) is 11.8 Å². The van der Waals surface area contributed by atoms with Crippen molar-refractivity contribution >= 4 is 22.6 Å². The molecule has 9 heteroatoms. The summed E-state index contributed by atoms with van der Waals surface area (Å²) in [6, 6.07) is 12.1. The van der Waals surface area contributed by atoms with E-state index in [0.29, 0.717) is 18.7 Å². The molecule has 3 aromatic heterocycles. The zero-order chi connectivity index (χ0) is 25.4. The topological polar surface area (TPSA) is 83.3 Å². The van der Waals surface area contributed by atoms with Gasteiger partial charge in [-0.15, -0.1) is 0 Å². The van der Waals surface area contributed by atoms with Crippen molar-refractivity contribution in [3.05, 3.63) is 72.1 Å². The molecule has 0 radical (unpaired) electrons. The highest BCUT2D eigenvalue weighted by Crippen LogP contribution is 2.32. The number of pyridine rings is 1. The molecule has 1 amide bonds. The number of benzene rings is 1. The van der Waals surface area contributed by atoms with Crippen molar-refractivity contribution in [3.8, 4) is 5.69 Å². The molecule has 2 aliphatic rings. The summed E-state index contributed by atoms with van der Waals surface area (Å²) in [6.45, 7) is 7.42. The summed E-state index contributed by atoms with van der Waals surface area (Å²) in [6.07, 6.45) is 7.02. The Morgan fingerprint density at radius 2 is 1.65 bits per heavy atom. The Morgan fingerprint density at radius 1 is 0.892 bits per heavy atom. The lowest BCUT2D eigenvalue weighted by Crippen LogP contribution is -2.44. The molecule has 0 unspecified atom stereocenters. The van der Waals surface area contributed by atoms with Gasteiger partial charge in [-0.05, 0) is 45.0 Å². The van der Waals surface area contributed by atoms with Gasteiger partial charge in [0.25, 0.3) is 5.91 Å². The van der Waals surface area contributed by atoms with E-state index in [-0.39, 0.29) is 11.8 Å². The molecule has 0 aliphatic carbocycles. The third kappa shape index (κ3) is 4.55. The molecule has 0 bridgehead atoms. The van der Waals surface area contributed by atoms with Crippen LogP contribution in [0.15, 0.2) is 55.1 Å². The van der Waals surface area contributed by atoms with E-state index in [0.717, 1.165) is 72.8 Å². The second kappa shape index (κ2) is 9.89. The van der Waals surface area contributed by atoms with E-state index in [1.165, 1.54) is 0 Å². The van der Waals surface area contributed by atoms with Crippen molar-refractivity contribution in [1.82, 2.24) is 34.5 Å². The first-order chi connectivity index (χ1) is 18.1. The summed E-state index contributed by atoms with van der Waals surface area (Å²) in [4.78, 5) is 34.0.